The molecular weight excluding hydrogens is 348 g/mol. The van der Waals surface area contributed by atoms with E-state index >= 15 is 0 Å². The largest absolute Gasteiger partial charge is 0.493 e. The van der Waals surface area contributed by atoms with E-state index in [9.17, 15) is 4.79 Å². The molecule has 0 saturated heterocycles. The van der Waals surface area contributed by atoms with Gasteiger partial charge in [0.25, 0.3) is 0 Å². The van der Waals surface area contributed by atoms with Crippen molar-refractivity contribution < 1.29 is 9.53 Å². The molecule has 0 aromatic heterocycles. The number of hydrogen-bond donors (Lipinski definition) is 2. The number of carbonyl (C=O) groups excluding carboxylic acids is 1. The summed E-state index contributed by atoms with van der Waals surface area (Å²) in [6.07, 6.45) is 0.761. The fourth-order valence-electron chi connectivity index (χ4n) is 2.38. The van der Waals surface area contributed by atoms with Gasteiger partial charge in [-0.1, -0.05) is 55.8 Å². The van der Waals surface area contributed by atoms with Gasteiger partial charge in [-0.3, -0.25) is 4.79 Å². The molecule has 1 unspecified atom stereocenters. The van der Waals surface area contributed by atoms with Crippen LogP contribution in [0, 0.1) is 12.8 Å². The smallest absolute Gasteiger partial charge is 0.241 e. The van der Waals surface area contributed by atoms with Gasteiger partial charge in [-0.2, -0.15) is 0 Å². The van der Waals surface area contributed by atoms with E-state index in [1.165, 1.54) is 0 Å². The Morgan fingerprint density at radius 3 is 2.27 bits per heavy atom. The summed E-state index contributed by atoms with van der Waals surface area (Å²) in [6, 6.07) is 15.1. The van der Waals surface area contributed by atoms with Crippen molar-refractivity contribution in [3.63, 3.8) is 0 Å². The molecule has 0 aliphatic rings. The number of halogens is 1. The van der Waals surface area contributed by atoms with E-state index in [0.29, 0.717) is 19.1 Å². The SMILES string of the molecule is Cc1ccc(C(N)C(=O)NCCc2ccc(OCC(C)C)cc2)cc1.Cl. The molecule has 1 atom stereocenters. The first-order valence-electron chi connectivity index (χ1n) is 8.77. The predicted molar refractivity (Wildman–Crippen MR) is 109 cm³/mol. The van der Waals surface area contributed by atoms with Gasteiger partial charge in [0.1, 0.15) is 11.8 Å². The van der Waals surface area contributed by atoms with E-state index in [1.54, 1.807) is 0 Å². The van der Waals surface area contributed by atoms with Crippen LogP contribution in [0.3, 0.4) is 0 Å². The molecule has 0 fully saturated rings. The summed E-state index contributed by atoms with van der Waals surface area (Å²) in [5.41, 5.74) is 9.15. The van der Waals surface area contributed by atoms with Crippen molar-refractivity contribution in [2.75, 3.05) is 13.2 Å². The van der Waals surface area contributed by atoms with E-state index in [-0.39, 0.29) is 18.3 Å². The third-order valence-electron chi connectivity index (χ3n) is 3.94. The summed E-state index contributed by atoms with van der Waals surface area (Å²) in [5, 5.41) is 2.90. The summed E-state index contributed by atoms with van der Waals surface area (Å²) in [6.45, 7) is 7.53. The topological polar surface area (TPSA) is 64.4 Å². The summed E-state index contributed by atoms with van der Waals surface area (Å²) in [4.78, 5) is 12.2. The first-order chi connectivity index (χ1) is 12.0. The second-order valence-electron chi connectivity index (χ2n) is 6.78. The van der Waals surface area contributed by atoms with Crippen molar-refractivity contribution in [1.82, 2.24) is 5.32 Å². The van der Waals surface area contributed by atoms with Gasteiger partial charge in [-0.25, -0.2) is 0 Å². The number of amides is 1. The molecule has 0 aliphatic heterocycles. The van der Waals surface area contributed by atoms with Crippen molar-refractivity contribution in [3.8, 4) is 5.75 Å². The second-order valence-corrected chi connectivity index (χ2v) is 6.78. The summed E-state index contributed by atoms with van der Waals surface area (Å²) in [7, 11) is 0. The van der Waals surface area contributed by atoms with Crippen LogP contribution in [0.5, 0.6) is 5.75 Å². The minimum absolute atomic E-state index is 0. The highest BCUT2D eigenvalue weighted by Crippen LogP contribution is 2.14. The molecule has 142 valence electrons. The lowest BCUT2D eigenvalue weighted by molar-refractivity contribution is -0.122. The van der Waals surface area contributed by atoms with Gasteiger partial charge in [-0.05, 0) is 42.5 Å². The van der Waals surface area contributed by atoms with Gasteiger partial charge < -0.3 is 15.8 Å². The number of nitrogens with two attached hydrogens (primary N) is 1. The van der Waals surface area contributed by atoms with Gasteiger partial charge in [0.05, 0.1) is 6.61 Å². The van der Waals surface area contributed by atoms with E-state index in [1.807, 2.05) is 55.5 Å². The van der Waals surface area contributed by atoms with Gasteiger partial charge in [0.15, 0.2) is 0 Å². The molecule has 5 heteroatoms. The molecule has 0 spiro atoms. The molecule has 2 aromatic rings. The van der Waals surface area contributed by atoms with Crippen LogP contribution in [0.15, 0.2) is 48.5 Å². The minimum Gasteiger partial charge on any atom is -0.493 e. The molecule has 4 nitrogen and oxygen atoms in total. The van der Waals surface area contributed by atoms with Crippen LogP contribution in [-0.2, 0) is 11.2 Å². The Morgan fingerprint density at radius 2 is 1.69 bits per heavy atom. The van der Waals surface area contributed by atoms with Crippen molar-refractivity contribution >= 4 is 18.3 Å². The molecule has 1 amide bonds. The number of rotatable bonds is 8. The molecule has 0 heterocycles. The van der Waals surface area contributed by atoms with Crippen LogP contribution < -0.4 is 15.8 Å². The first-order valence-corrected chi connectivity index (χ1v) is 8.77. The Morgan fingerprint density at radius 1 is 1.08 bits per heavy atom. The van der Waals surface area contributed by atoms with Crippen molar-refractivity contribution in [1.29, 1.82) is 0 Å². The highest BCUT2D eigenvalue weighted by molar-refractivity contribution is 5.85. The minimum atomic E-state index is -0.632. The fraction of sp³-hybridized carbons (Fsp3) is 0.381. The van der Waals surface area contributed by atoms with Gasteiger partial charge >= 0.3 is 0 Å². The first kappa shape index (κ1) is 22.0. The number of hydrogen-bond acceptors (Lipinski definition) is 3. The lowest BCUT2D eigenvalue weighted by atomic mass is 10.1. The van der Waals surface area contributed by atoms with Crippen LogP contribution >= 0.6 is 12.4 Å². The Kier molecular flexibility index (Phi) is 9.17. The van der Waals surface area contributed by atoms with E-state index in [2.05, 4.69) is 19.2 Å². The Hall–Kier alpha value is -2.04. The van der Waals surface area contributed by atoms with E-state index < -0.39 is 6.04 Å². The Bertz CT molecular complexity index is 669. The summed E-state index contributed by atoms with van der Waals surface area (Å²) >= 11 is 0. The average molecular weight is 377 g/mol. The molecule has 0 radical (unpaired) electrons. The van der Waals surface area contributed by atoms with Crippen LogP contribution in [-0.4, -0.2) is 19.1 Å². The zero-order valence-corrected chi connectivity index (χ0v) is 16.5. The van der Waals surface area contributed by atoms with Crippen LogP contribution in [0.2, 0.25) is 0 Å². The Labute approximate surface area is 162 Å². The zero-order valence-electron chi connectivity index (χ0n) is 15.7. The predicted octanol–water partition coefficient (Wildman–Crippen LogP) is 3.81. The Balaban J connectivity index is 0.00000338. The number of nitrogens with one attached hydrogen (secondary N) is 1. The van der Waals surface area contributed by atoms with Crippen molar-refractivity contribution in [2.24, 2.45) is 11.7 Å². The van der Waals surface area contributed by atoms with Crippen molar-refractivity contribution in [3.05, 3.63) is 65.2 Å². The monoisotopic (exact) mass is 376 g/mol. The number of ether oxygens (including phenoxy) is 1. The third kappa shape index (κ3) is 7.06. The van der Waals surface area contributed by atoms with Crippen LogP contribution in [0.4, 0.5) is 0 Å². The third-order valence-corrected chi connectivity index (χ3v) is 3.94. The maximum absolute atomic E-state index is 12.2. The quantitative estimate of drug-likeness (QED) is 0.736. The molecular formula is C21H29ClN2O2. The zero-order chi connectivity index (χ0) is 18.2. The summed E-state index contributed by atoms with van der Waals surface area (Å²) < 4.78 is 5.67. The second kappa shape index (κ2) is 10.8. The molecule has 0 aliphatic carbocycles. The highest BCUT2D eigenvalue weighted by Gasteiger charge is 2.14. The molecule has 0 bridgehead atoms. The number of benzene rings is 2. The lowest BCUT2D eigenvalue weighted by Gasteiger charge is -2.13. The molecule has 0 saturated carbocycles. The molecule has 3 N–H and O–H groups in total. The number of aryl methyl sites for hydroxylation is 1. The van der Waals surface area contributed by atoms with Crippen molar-refractivity contribution in [2.45, 2.75) is 33.2 Å². The van der Waals surface area contributed by atoms with E-state index in [4.69, 9.17) is 10.5 Å². The number of carbonyl (C=O) groups is 1. The maximum atomic E-state index is 12.2. The van der Waals surface area contributed by atoms with Crippen LogP contribution in [0.1, 0.15) is 36.6 Å². The fourth-order valence-corrected chi connectivity index (χ4v) is 2.38. The van der Waals surface area contributed by atoms with E-state index in [0.717, 1.165) is 28.9 Å². The summed E-state index contributed by atoms with van der Waals surface area (Å²) in [5.74, 6) is 1.23. The standard InChI is InChI=1S/C21H28N2O2.ClH/c1-15(2)14-25-19-10-6-17(7-11-19)12-13-23-21(24)20(22)18-8-4-16(3)5-9-18;/h4-11,15,20H,12-14,22H2,1-3H3,(H,23,24);1H. The average Bonchev–Trinajstić information content (AvgIpc) is 2.61. The molecule has 2 aromatic carbocycles. The molecule has 26 heavy (non-hydrogen) atoms. The lowest BCUT2D eigenvalue weighted by Crippen LogP contribution is -2.35. The van der Waals surface area contributed by atoms with Gasteiger partial charge in [0, 0.05) is 6.54 Å². The van der Waals surface area contributed by atoms with Crippen LogP contribution in [0.25, 0.3) is 0 Å². The van der Waals surface area contributed by atoms with Gasteiger partial charge in [0.2, 0.25) is 5.91 Å². The van der Waals surface area contributed by atoms with Gasteiger partial charge in [-0.15, -0.1) is 12.4 Å². The molecule has 2 rings (SSSR count). The maximum Gasteiger partial charge on any atom is 0.241 e. The highest BCUT2D eigenvalue weighted by atomic mass is 35.5. The normalized spacial score (nSPS) is 11.6.